The lowest BCUT2D eigenvalue weighted by atomic mass is 9.87. The highest BCUT2D eigenvalue weighted by Crippen LogP contribution is 2.23. The van der Waals surface area contributed by atoms with E-state index in [2.05, 4.69) is 42.0 Å². The molecule has 0 aliphatic carbocycles. The fraction of sp³-hybridized carbons (Fsp3) is 0.562. The Morgan fingerprint density at radius 1 is 1.30 bits per heavy atom. The molecule has 4 heteroatoms. The molecule has 0 saturated carbocycles. The molecule has 0 heterocycles. The van der Waals surface area contributed by atoms with Crippen molar-refractivity contribution in [1.82, 2.24) is 5.32 Å². The van der Waals surface area contributed by atoms with Crippen LogP contribution in [0.2, 0.25) is 5.02 Å². The molecule has 20 heavy (non-hydrogen) atoms. The summed E-state index contributed by atoms with van der Waals surface area (Å²) in [6, 6.07) is 5.24. The molecule has 1 amide bonds. The first-order chi connectivity index (χ1) is 9.34. The topological polar surface area (TPSA) is 29.1 Å². The SMILES string of the molecule is CCCCCC(C)(C)CNC(=O)c1cc(Cl)cc(Br)c1. The highest BCUT2D eigenvalue weighted by Gasteiger charge is 2.19. The van der Waals surface area contributed by atoms with Crippen molar-refractivity contribution >= 4 is 33.4 Å². The zero-order valence-electron chi connectivity index (χ0n) is 12.4. The van der Waals surface area contributed by atoms with E-state index >= 15 is 0 Å². The lowest BCUT2D eigenvalue weighted by Gasteiger charge is -2.25. The molecular weight excluding hydrogens is 338 g/mol. The smallest absolute Gasteiger partial charge is 0.251 e. The second kappa shape index (κ2) is 8.04. The molecule has 0 bridgehead atoms. The average Bonchev–Trinajstić information content (AvgIpc) is 2.35. The van der Waals surface area contributed by atoms with E-state index in [0.717, 1.165) is 10.9 Å². The molecule has 0 atom stereocenters. The van der Waals surface area contributed by atoms with Gasteiger partial charge in [0.05, 0.1) is 0 Å². The molecule has 0 aliphatic rings. The van der Waals surface area contributed by atoms with E-state index in [-0.39, 0.29) is 11.3 Å². The minimum absolute atomic E-state index is 0.0724. The maximum absolute atomic E-state index is 12.1. The van der Waals surface area contributed by atoms with Gasteiger partial charge in [-0.05, 0) is 30.0 Å². The second-order valence-corrected chi connectivity index (χ2v) is 7.31. The first-order valence-corrected chi connectivity index (χ1v) is 8.25. The molecule has 1 N–H and O–H groups in total. The third-order valence-electron chi connectivity index (χ3n) is 3.31. The predicted octanol–water partition coefficient (Wildman–Crippen LogP) is 5.44. The molecule has 0 aromatic heterocycles. The van der Waals surface area contributed by atoms with Crippen molar-refractivity contribution in [3.05, 3.63) is 33.3 Å². The van der Waals surface area contributed by atoms with E-state index in [0.29, 0.717) is 17.1 Å². The summed E-state index contributed by atoms with van der Waals surface area (Å²) in [4.78, 5) is 12.1. The number of rotatable bonds is 7. The maximum Gasteiger partial charge on any atom is 0.251 e. The molecule has 112 valence electrons. The summed E-state index contributed by atoms with van der Waals surface area (Å²) in [6.07, 6.45) is 4.81. The Kier molecular flexibility index (Phi) is 7.04. The van der Waals surface area contributed by atoms with Crippen molar-refractivity contribution < 1.29 is 4.79 Å². The number of amides is 1. The third kappa shape index (κ3) is 6.27. The van der Waals surface area contributed by atoms with Gasteiger partial charge in [-0.3, -0.25) is 4.79 Å². The van der Waals surface area contributed by atoms with Crippen molar-refractivity contribution in [2.24, 2.45) is 5.41 Å². The summed E-state index contributed by atoms with van der Waals surface area (Å²) in [5.74, 6) is -0.0724. The highest BCUT2D eigenvalue weighted by atomic mass is 79.9. The fourth-order valence-electron chi connectivity index (χ4n) is 2.05. The summed E-state index contributed by atoms with van der Waals surface area (Å²) in [7, 11) is 0. The number of carbonyl (C=O) groups excluding carboxylic acids is 1. The number of unbranched alkanes of at least 4 members (excludes halogenated alkanes) is 2. The number of halogens is 2. The number of hydrogen-bond acceptors (Lipinski definition) is 1. The normalized spacial score (nSPS) is 11.4. The summed E-state index contributed by atoms with van der Waals surface area (Å²) >= 11 is 9.31. The van der Waals surface area contributed by atoms with Gasteiger partial charge in [-0.15, -0.1) is 0 Å². The van der Waals surface area contributed by atoms with Crippen LogP contribution < -0.4 is 5.32 Å². The summed E-state index contributed by atoms with van der Waals surface area (Å²) in [5.41, 5.74) is 0.717. The summed E-state index contributed by atoms with van der Waals surface area (Å²) < 4.78 is 0.817. The Bertz CT molecular complexity index is 440. The van der Waals surface area contributed by atoms with Crippen LogP contribution in [0.15, 0.2) is 22.7 Å². The van der Waals surface area contributed by atoms with Crippen LogP contribution in [0.5, 0.6) is 0 Å². The van der Waals surface area contributed by atoms with Crippen molar-refractivity contribution in [1.29, 1.82) is 0 Å². The van der Waals surface area contributed by atoms with Crippen LogP contribution in [0, 0.1) is 5.41 Å². The molecule has 0 saturated heterocycles. The summed E-state index contributed by atoms with van der Waals surface area (Å²) in [6.45, 7) is 7.26. The van der Waals surface area contributed by atoms with Gasteiger partial charge in [-0.1, -0.05) is 67.6 Å². The standard InChI is InChI=1S/C16H23BrClNO/c1-4-5-6-7-16(2,3)11-19-15(20)12-8-13(17)10-14(18)9-12/h8-10H,4-7,11H2,1-3H3,(H,19,20). The van der Waals surface area contributed by atoms with E-state index in [1.54, 1.807) is 18.2 Å². The monoisotopic (exact) mass is 359 g/mol. The lowest BCUT2D eigenvalue weighted by molar-refractivity contribution is 0.0934. The van der Waals surface area contributed by atoms with Gasteiger partial charge in [-0.2, -0.15) is 0 Å². The number of carbonyl (C=O) groups is 1. The third-order valence-corrected chi connectivity index (χ3v) is 3.99. The molecule has 1 rings (SSSR count). The number of nitrogens with one attached hydrogen (secondary N) is 1. The van der Waals surface area contributed by atoms with E-state index < -0.39 is 0 Å². The minimum Gasteiger partial charge on any atom is -0.352 e. The van der Waals surface area contributed by atoms with Crippen LogP contribution in [0.1, 0.15) is 56.8 Å². The van der Waals surface area contributed by atoms with Crippen LogP contribution in [0.3, 0.4) is 0 Å². The van der Waals surface area contributed by atoms with Crippen LogP contribution >= 0.6 is 27.5 Å². The minimum atomic E-state index is -0.0724. The maximum atomic E-state index is 12.1. The first kappa shape index (κ1) is 17.5. The van der Waals surface area contributed by atoms with Gasteiger partial charge in [0.1, 0.15) is 0 Å². The van der Waals surface area contributed by atoms with E-state index in [1.165, 1.54) is 19.3 Å². The number of hydrogen-bond donors (Lipinski definition) is 1. The van der Waals surface area contributed by atoms with Crippen molar-refractivity contribution in [2.45, 2.75) is 46.5 Å². The molecule has 0 spiro atoms. The average molecular weight is 361 g/mol. The Morgan fingerprint density at radius 3 is 2.60 bits per heavy atom. The van der Waals surface area contributed by atoms with Gasteiger partial charge in [0.15, 0.2) is 0 Å². The lowest BCUT2D eigenvalue weighted by Crippen LogP contribution is -2.34. The van der Waals surface area contributed by atoms with Crippen LogP contribution in [-0.4, -0.2) is 12.5 Å². The van der Waals surface area contributed by atoms with Gasteiger partial charge < -0.3 is 5.32 Å². The molecule has 0 unspecified atom stereocenters. The molecule has 0 fully saturated rings. The second-order valence-electron chi connectivity index (χ2n) is 5.96. The first-order valence-electron chi connectivity index (χ1n) is 7.08. The van der Waals surface area contributed by atoms with Crippen molar-refractivity contribution in [3.63, 3.8) is 0 Å². The predicted molar refractivity (Wildman–Crippen MR) is 89.4 cm³/mol. The van der Waals surface area contributed by atoms with Gasteiger partial charge in [0.2, 0.25) is 0 Å². The van der Waals surface area contributed by atoms with E-state index in [4.69, 9.17) is 11.6 Å². The van der Waals surface area contributed by atoms with Gasteiger partial charge >= 0.3 is 0 Å². The molecule has 1 aromatic rings. The van der Waals surface area contributed by atoms with Crippen molar-refractivity contribution in [2.75, 3.05) is 6.54 Å². The van der Waals surface area contributed by atoms with Crippen LogP contribution in [0.4, 0.5) is 0 Å². The van der Waals surface area contributed by atoms with Crippen molar-refractivity contribution in [3.8, 4) is 0 Å². The molecule has 0 aliphatic heterocycles. The molecular formula is C16H23BrClNO. The quantitative estimate of drug-likeness (QED) is 0.645. The molecule has 1 aromatic carbocycles. The zero-order valence-corrected chi connectivity index (χ0v) is 14.8. The molecule has 0 radical (unpaired) electrons. The van der Waals surface area contributed by atoms with Crippen LogP contribution in [0.25, 0.3) is 0 Å². The Hall–Kier alpha value is -0.540. The van der Waals surface area contributed by atoms with Gasteiger partial charge in [0.25, 0.3) is 5.91 Å². The van der Waals surface area contributed by atoms with Gasteiger partial charge in [-0.25, -0.2) is 0 Å². The van der Waals surface area contributed by atoms with E-state index in [9.17, 15) is 4.79 Å². The Morgan fingerprint density at radius 2 is 2.00 bits per heavy atom. The zero-order chi connectivity index (χ0) is 15.2. The number of benzene rings is 1. The fourth-order valence-corrected chi connectivity index (χ4v) is 2.91. The molecule has 2 nitrogen and oxygen atoms in total. The highest BCUT2D eigenvalue weighted by molar-refractivity contribution is 9.10. The Labute approximate surface area is 135 Å². The van der Waals surface area contributed by atoms with Crippen LogP contribution in [-0.2, 0) is 0 Å². The van der Waals surface area contributed by atoms with Gasteiger partial charge in [0, 0.05) is 21.6 Å². The van der Waals surface area contributed by atoms with E-state index in [1.807, 2.05) is 0 Å². The Balaban J connectivity index is 2.53. The largest absolute Gasteiger partial charge is 0.352 e. The summed E-state index contributed by atoms with van der Waals surface area (Å²) in [5, 5.41) is 3.56.